The molecular formula is C23H22N4O4S. The highest BCUT2D eigenvalue weighted by Crippen LogP contribution is 2.22. The molecule has 1 amide bonds. The van der Waals surface area contributed by atoms with Crippen LogP contribution in [0, 0.1) is 0 Å². The summed E-state index contributed by atoms with van der Waals surface area (Å²) in [6, 6.07) is 21.0. The summed E-state index contributed by atoms with van der Waals surface area (Å²) < 4.78 is 32.6. The molecule has 0 unspecified atom stereocenters. The molecule has 8 nitrogen and oxygen atoms in total. The zero-order valence-electron chi connectivity index (χ0n) is 17.6. The Hall–Kier alpha value is -3.69. The predicted octanol–water partition coefficient (Wildman–Crippen LogP) is 3.31. The van der Waals surface area contributed by atoms with Crippen molar-refractivity contribution in [1.29, 1.82) is 0 Å². The summed E-state index contributed by atoms with van der Waals surface area (Å²) in [7, 11) is -0.533. The largest absolute Gasteiger partial charge is 0.463 e. The summed E-state index contributed by atoms with van der Waals surface area (Å²) in [6.45, 7) is 0.233. The molecule has 0 radical (unpaired) electrons. The number of carbonyl (C=O) groups excluding carboxylic acids is 1. The van der Waals surface area contributed by atoms with Gasteiger partial charge in [-0.15, -0.1) is 0 Å². The van der Waals surface area contributed by atoms with E-state index in [1.165, 1.54) is 26.2 Å². The highest BCUT2D eigenvalue weighted by Gasteiger charge is 2.19. The Morgan fingerprint density at radius 1 is 1.03 bits per heavy atom. The normalized spacial score (nSPS) is 11.6. The number of rotatable bonds is 7. The molecule has 0 saturated heterocycles. The Morgan fingerprint density at radius 3 is 2.38 bits per heavy atom. The van der Waals surface area contributed by atoms with Crippen LogP contribution in [0.1, 0.15) is 16.1 Å². The number of nitrogens with zero attached hydrogens (tertiary/aromatic N) is 3. The van der Waals surface area contributed by atoms with Gasteiger partial charge < -0.3 is 9.73 Å². The molecule has 0 aliphatic heterocycles. The standard InChI is InChI=1S/C23H22N4O4S/c1-26(2)32(29,30)19-12-10-17(11-13-19)16-24-23(28)21-15-20(22-9-6-14-31-22)25-27(21)18-7-4-3-5-8-18/h3-15H,16H2,1-2H3,(H,24,28). The van der Waals surface area contributed by atoms with E-state index in [4.69, 9.17) is 4.42 Å². The van der Waals surface area contributed by atoms with Crippen LogP contribution in [-0.2, 0) is 16.6 Å². The van der Waals surface area contributed by atoms with E-state index in [9.17, 15) is 13.2 Å². The molecule has 9 heteroatoms. The van der Waals surface area contributed by atoms with Gasteiger partial charge in [-0.1, -0.05) is 30.3 Å². The number of hydrogen-bond donors (Lipinski definition) is 1. The first-order valence-electron chi connectivity index (χ1n) is 9.85. The van der Waals surface area contributed by atoms with Gasteiger partial charge in [-0.2, -0.15) is 5.10 Å². The first kappa shape index (κ1) is 21.5. The maximum absolute atomic E-state index is 13.0. The van der Waals surface area contributed by atoms with E-state index < -0.39 is 10.0 Å². The van der Waals surface area contributed by atoms with E-state index in [1.807, 2.05) is 30.3 Å². The van der Waals surface area contributed by atoms with Crippen LogP contribution in [0.4, 0.5) is 0 Å². The molecule has 0 bridgehead atoms. The van der Waals surface area contributed by atoms with E-state index in [2.05, 4.69) is 10.4 Å². The number of aromatic nitrogens is 2. The molecule has 2 aromatic heterocycles. The summed E-state index contributed by atoms with van der Waals surface area (Å²) in [5, 5.41) is 7.42. The van der Waals surface area contributed by atoms with Gasteiger partial charge in [-0.3, -0.25) is 4.79 Å². The summed E-state index contributed by atoms with van der Waals surface area (Å²) >= 11 is 0. The van der Waals surface area contributed by atoms with Crippen LogP contribution in [0.25, 0.3) is 17.1 Å². The third kappa shape index (κ3) is 4.34. The van der Waals surface area contributed by atoms with Crippen molar-refractivity contribution in [2.45, 2.75) is 11.4 Å². The Kier molecular flexibility index (Phi) is 5.93. The minimum Gasteiger partial charge on any atom is -0.463 e. The molecule has 4 aromatic rings. The second-order valence-corrected chi connectivity index (χ2v) is 9.41. The van der Waals surface area contributed by atoms with Crippen molar-refractivity contribution < 1.29 is 17.6 Å². The molecule has 1 N–H and O–H groups in total. The topological polar surface area (TPSA) is 97.4 Å². The maximum atomic E-state index is 13.0. The molecule has 32 heavy (non-hydrogen) atoms. The van der Waals surface area contributed by atoms with Crippen molar-refractivity contribution in [3.63, 3.8) is 0 Å². The van der Waals surface area contributed by atoms with Crippen LogP contribution in [0.2, 0.25) is 0 Å². The molecule has 0 spiro atoms. The van der Waals surface area contributed by atoms with Gasteiger partial charge in [0.05, 0.1) is 16.8 Å². The second-order valence-electron chi connectivity index (χ2n) is 7.25. The summed E-state index contributed by atoms with van der Waals surface area (Å²) in [5.41, 5.74) is 2.42. The molecular weight excluding hydrogens is 428 g/mol. The predicted molar refractivity (Wildman–Crippen MR) is 120 cm³/mol. The van der Waals surface area contributed by atoms with Gasteiger partial charge in [0, 0.05) is 26.7 Å². The zero-order chi connectivity index (χ0) is 22.7. The van der Waals surface area contributed by atoms with E-state index in [0.717, 1.165) is 15.6 Å². The van der Waals surface area contributed by atoms with Crippen molar-refractivity contribution in [3.8, 4) is 17.1 Å². The lowest BCUT2D eigenvalue weighted by molar-refractivity contribution is 0.0943. The number of sulfonamides is 1. The number of hydrogen-bond acceptors (Lipinski definition) is 5. The molecule has 2 heterocycles. The molecule has 2 aromatic carbocycles. The lowest BCUT2D eigenvalue weighted by Gasteiger charge is -2.12. The molecule has 0 atom stereocenters. The fourth-order valence-electron chi connectivity index (χ4n) is 3.12. The monoisotopic (exact) mass is 450 g/mol. The molecule has 0 saturated carbocycles. The van der Waals surface area contributed by atoms with E-state index in [1.54, 1.807) is 41.3 Å². The minimum atomic E-state index is -3.50. The van der Waals surface area contributed by atoms with Crippen molar-refractivity contribution in [1.82, 2.24) is 19.4 Å². The Bertz CT molecular complexity index is 1310. The number of amides is 1. The highest BCUT2D eigenvalue weighted by molar-refractivity contribution is 7.89. The van der Waals surface area contributed by atoms with E-state index in [-0.39, 0.29) is 17.3 Å². The number of benzene rings is 2. The minimum absolute atomic E-state index is 0.197. The van der Waals surface area contributed by atoms with Crippen LogP contribution in [-0.4, -0.2) is 42.5 Å². The van der Waals surface area contributed by atoms with Crippen molar-refractivity contribution in [2.75, 3.05) is 14.1 Å². The smallest absolute Gasteiger partial charge is 0.270 e. The second kappa shape index (κ2) is 8.81. The van der Waals surface area contributed by atoms with Gasteiger partial charge in [0.1, 0.15) is 11.4 Å². The Morgan fingerprint density at radius 2 is 1.75 bits per heavy atom. The average Bonchev–Trinajstić information content (AvgIpc) is 3.48. The van der Waals surface area contributed by atoms with Crippen molar-refractivity contribution in [2.24, 2.45) is 0 Å². The summed E-state index contributed by atoms with van der Waals surface area (Å²) in [4.78, 5) is 13.2. The van der Waals surface area contributed by atoms with E-state index >= 15 is 0 Å². The molecule has 164 valence electrons. The SMILES string of the molecule is CN(C)S(=O)(=O)c1ccc(CNC(=O)c2cc(-c3ccco3)nn2-c2ccccc2)cc1. The van der Waals surface area contributed by atoms with Gasteiger partial charge >= 0.3 is 0 Å². The molecule has 4 rings (SSSR count). The number of carbonyl (C=O) groups is 1. The van der Waals surface area contributed by atoms with Gasteiger partial charge in [0.25, 0.3) is 5.91 Å². The first-order valence-corrected chi connectivity index (χ1v) is 11.3. The number of nitrogens with one attached hydrogen (secondary N) is 1. The Balaban J connectivity index is 1.56. The van der Waals surface area contributed by atoms with Gasteiger partial charge in [-0.05, 0) is 42.0 Å². The summed E-state index contributed by atoms with van der Waals surface area (Å²) in [5.74, 6) is 0.246. The lowest BCUT2D eigenvalue weighted by atomic mass is 10.2. The fourth-order valence-corrected chi connectivity index (χ4v) is 4.02. The summed E-state index contributed by atoms with van der Waals surface area (Å²) in [6.07, 6.45) is 1.55. The molecule has 0 fully saturated rings. The third-order valence-electron chi connectivity index (χ3n) is 4.87. The molecule has 0 aliphatic carbocycles. The number of furan rings is 1. The van der Waals surface area contributed by atoms with Crippen LogP contribution in [0.3, 0.4) is 0 Å². The van der Waals surface area contributed by atoms with Crippen molar-refractivity contribution in [3.05, 3.63) is 90.3 Å². The van der Waals surface area contributed by atoms with Gasteiger partial charge in [0.15, 0.2) is 5.76 Å². The molecule has 0 aliphatic rings. The lowest BCUT2D eigenvalue weighted by Crippen LogP contribution is -2.25. The average molecular weight is 451 g/mol. The van der Waals surface area contributed by atoms with Crippen LogP contribution in [0.15, 0.2) is 88.4 Å². The quantitative estimate of drug-likeness (QED) is 0.466. The van der Waals surface area contributed by atoms with Crippen LogP contribution >= 0.6 is 0 Å². The first-order chi connectivity index (χ1) is 15.4. The zero-order valence-corrected chi connectivity index (χ0v) is 18.4. The van der Waals surface area contributed by atoms with Gasteiger partial charge in [0.2, 0.25) is 10.0 Å². The Labute approximate surface area is 186 Å². The van der Waals surface area contributed by atoms with E-state index in [0.29, 0.717) is 17.1 Å². The highest BCUT2D eigenvalue weighted by atomic mass is 32.2. The maximum Gasteiger partial charge on any atom is 0.270 e. The number of para-hydroxylation sites is 1. The van der Waals surface area contributed by atoms with Gasteiger partial charge in [-0.25, -0.2) is 17.4 Å². The fraction of sp³-hybridized carbons (Fsp3) is 0.130. The van der Waals surface area contributed by atoms with Crippen molar-refractivity contribution >= 4 is 15.9 Å². The van der Waals surface area contributed by atoms with Crippen LogP contribution in [0.5, 0.6) is 0 Å². The third-order valence-corrected chi connectivity index (χ3v) is 6.70. The van der Waals surface area contributed by atoms with Crippen LogP contribution < -0.4 is 5.32 Å².